The highest BCUT2D eigenvalue weighted by Crippen LogP contribution is 2.23. The molecule has 2 aromatic heterocycles. The van der Waals surface area contributed by atoms with Gasteiger partial charge in [-0.3, -0.25) is 20.8 Å². The summed E-state index contributed by atoms with van der Waals surface area (Å²) >= 11 is 10.1. The molecule has 0 spiro atoms. The Bertz CT molecular complexity index is 1480. The predicted molar refractivity (Wildman–Crippen MR) is 167 cm³/mol. The van der Waals surface area contributed by atoms with E-state index in [1.807, 2.05) is 28.2 Å². The van der Waals surface area contributed by atoms with Crippen LogP contribution in [0.5, 0.6) is 0 Å². The van der Waals surface area contributed by atoms with E-state index in [1.165, 1.54) is 12.1 Å². The van der Waals surface area contributed by atoms with Gasteiger partial charge in [0.05, 0.1) is 23.8 Å². The zero-order valence-electron chi connectivity index (χ0n) is 23.0. The van der Waals surface area contributed by atoms with E-state index in [0.29, 0.717) is 32.7 Å². The van der Waals surface area contributed by atoms with Gasteiger partial charge in [0, 0.05) is 51.4 Å². The SMILES string of the molecule is Cc1c(F)ccc2c(/C=N/NC(=S)N(C)C)nccc12.Cc1c(F)ccc2c(/C=N\NC(=S)N(C)C)nccc12. The molecule has 2 aromatic carbocycles. The summed E-state index contributed by atoms with van der Waals surface area (Å²) in [5, 5.41) is 12.5. The number of nitrogens with one attached hydrogen (secondary N) is 2. The summed E-state index contributed by atoms with van der Waals surface area (Å²) in [4.78, 5) is 12.0. The molecule has 0 bridgehead atoms. The van der Waals surface area contributed by atoms with Crippen molar-refractivity contribution in [3.63, 3.8) is 0 Å². The van der Waals surface area contributed by atoms with E-state index in [0.717, 1.165) is 21.5 Å². The van der Waals surface area contributed by atoms with Crippen LogP contribution in [-0.2, 0) is 0 Å². The number of aryl methyl sites for hydroxylation is 2. The molecule has 0 aliphatic heterocycles. The molecule has 0 unspecified atom stereocenters. The zero-order valence-corrected chi connectivity index (χ0v) is 24.7. The van der Waals surface area contributed by atoms with Crippen LogP contribution in [-0.4, -0.2) is 70.6 Å². The molecular formula is C28H30F2N8S2. The van der Waals surface area contributed by atoms with E-state index in [-0.39, 0.29) is 11.6 Å². The van der Waals surface area contributed by atoms with Crippen LogP contribution in [0, 0.1) is 25.5 Å². The summed E-state index contributed by atoms with van der Waals surface area (Å²) in [6.07, 6.45) is 6.44. The summed E-state index contributed by atoms with van der Waals surface area (Å²) in [5.74, 6) is -0.447. The van der Waals surface area contributed by atoms with Crippen molar-refractivity contribution in [3.05, 3.63) is 82.9 Å². The molecule has 0 aliphatic rings. The third-order valence-corrected chi connectivity index (χ3v) is 6.78. The van der Waals surface area contributed by atoms with Gasteiger partial charge in [-0.1, -0.05) is 0 Å². The largest absolute Gasteiger partial charge is 0.354 e. The summed E-state index contributed by atoms with van der Waals surface area (Å²) < 4.78 is 27.1. The summed E-state index contributed by atoms with van der Waals surface area (Å²) in [6.45, 7) is 3.50. The van der Waals surface area contributed by atoms with E-state index < -0.39 is 0 Å². The second-order valence-corrected chi connectivity index (χ2v) is 9.84. The van der Waals surface area contributed by atoms with Crippen molar-refractivity contribution < 1.29 is 8.78 Å². The van der Waals surface area contributed by atoms with Crippen LogP contribution in [0.1, 0.15) is 22.5 Å². The standard InChI is InChI=1S/2C14H15FN4S/c2*1-9-10-6-7-16-13(11(10)4-5-12(9)15)8-17-18-14(20)19(2)3/h2*4-8H,1-3H3,(H,18,20)/b17-8+;17-8-. The highest BCUT2D eigenvalue weighted by molar-refractivity contribution is 7.80. The van der Waals surface area contributed by atoms with Crippen molar-refractivity contribution in [3.8, 4) is 0 Å². The number of pyridine rings is 2. The Morgan fingerprint density at radius 1 is 0.675 bits per heavy atom. The number of hydrogen-bond donors (Lipinski definition) is 2. The van der Waals surface area contributed by atoms with Crippen molar-refractivity contribution in [2.75, 3.05) is 28.2 Å². The topological polar surface area (TPSA) is 81.0 Å². The number of thiocarbonyl (C=S) groups is 2. The molecule has 0 saturated carbocycles. The van der Waals surface area contributed by atoms with Crippen LogP contribution in [0.25, 0.3) is 21.5 Å². The molecule has 0 fully saturated rings. The van der Waals surface area contributed by atoms with Crippen LogP contribution in [0.15, 0.2) is 59.0 Å². The van der Waals surface area contributed by atoms with E-state index in [1.54, 1.807) is 72.7 Å². The quantitative estimate of drug-likeness (QED) is 0.200. The van der Waals surface area contributed by atoms with Gasteiger partial charge in [-0.15, -0.1) is 0 Å². The molecule has 2 heterocycles. The third kappa shape index (κ3) is 7.48. The maximum atomic E-state index is 13.5. The van der Waals surface area contributed by atoms with Gasteiger partial charge >= 0.3 is 0 Å². The first-order valence-corrected chi connectivity index (χ1v) is 12.9. The Kier molecular flexibility index (Phi) is 10.5. The first-order valence-electron chi connectivity index (χ1n) is 12.1. The average Bonchev–Trinajstić information content (AvgIpc) is 2.93. The number of nitrogens with zero attached hydrogens (tertiary/aromatic N) is 6. The lowest BCUT2D eigenvalue weighted by atomic mass is 10.0. The van der Waals surface area contributed by atoms with Crippen molar-refractivity contribution in [1.82, 2.24) is 30.6 Å². The Morgan fingerprint density at radius 3 is 1.40 bits per heavy atom. The van der Waals surface area contributed by atoms with E-state index >= 15 is 0 Å². The molecule has 12 heteroatoms. The molecule has 0 atom stereocenters. The Hall–Kier alpha value is -4.16. The molecule has 2 N–H and O–H groups in total. The summed E-state index contributed by atoms with van der Waals surface area (Å²) in [5.41, 5.74) is 8.02. The van der Waals surface area contributed by atoms with Gasteiger partial charge in [-0.2, -0.15) is 10.2 Å². The minimum atomic E-state index is -0.224. The maximum absolute atomic E-state index is 13.5. The second kappa shape index (κ2) is 13.8. The smallest absolute Gasteiger partial charge is 0.189 e. The van der Waals surface area contributed by atoms with Crippen molar-refractivity contribution in [2.45, 2.75) is 13.8 Å². The van der Waals surface area contributed by atoms with Gasteiger partial charge in [0.1, 0.15) is 11.6 Å². The number of hydrazone groups is 2. The molecular weight excluding hydrogens is 550 g/mol. The van der Waals surface area contributed by atoms with Crippen LogP contribution in [0.2, 0.25) is 0 Å². The molecule has 208 valence electrons. The first-order chi connectivity index (χ1) is 19.0. The zero-order chi connectivity index (χ0) is 29.4. The van der Waals surface area contributed by atoms with Gasteiger partial charge < -0.3 is 9.80 Å². The second-order valence-electron chi connectivity index (χ2n) is 9.07. The van der Waals surface area contributed by atoms with Gasteiger partial charge in [0.15, 0.2) is 10.2 Å². The monoisotopic (exact) mass is 580 g/mol. The molecule has 0 amide bonds. The number of aromatic nitrogens is 2. The lowest BCUT2D eigenvalue weighted by molar-refractivity contribution is 0.606. The number of benzene rings is 2. The summed E-state index contributed by atoms with van der Waals surface area (Å²) in [7, 11) is 7.31. The third-order valence-electron chi connectivity index (χ3n) is 5.87. The van der Waals surface area contributed by atoms with E-state index in [2.05, 4.69) is 31.0 Å². The molecule has 0 aliphatic carbocycles. The lowest BCUT2D eigenvalue weighted by Gasteiger charge is -2.11. The number of hydrogen-bond acceptors (Lipinski definition) is 6. The fourth-order valence-corrected chi connectivity index (χ4v) is 3.61. The molecule has 0 saturated heterocycles. The minimum Gasteiger partial charge on any atom is -0.354 e. The van der Waals surface area contributed by atoms with Gasteiger partial charge in [0.2, 0.25) is 0 Å². The van der Waals surface area contributed by atoms with E-state index in [4.69, 9.17) is 24.4 Å². The Balaban J connectivity index is 0.000000220. The molecule has 8 nitrogen and oxygen atoms in total. The van der Waals surface area contributed by atoms with Crippen LogP contribution in [0.3, 0.4) is 0 Å². The Labute approximate surface area is 242 Å². The van der Waals surface area contributed by atoms with Crippen molar-refractivity contribution in [1.29, 1.82) is 0 Å². The number of halogens is 2. The first kappa shape index (κ1) is 30.4. The average molecular weight is 581 g/mol. The predicted octanol–water partition coefficient (Wildman–Crippen LogP) is 4.90. The van der Waals surface area contributed by atoms with Crippen LogP contribution in [0.4, 0.5) is 8.78 Å². The van der Waals surface area contributed by atoms with Crippen molar-refractivity contribution >= 4 is 68.6 Å². The lowest BCUT2D eigenvalue weighted by Crippen LogP contribution is -2.30. The molecule has 4 rings (SSSR count). The Morgan fingerprint density at radius 2 is 1.05 bits per heavy atom. The fourth-order valence-electron chi connectivity index (χ4n) is 3.51. The van der Waals surface area contributed by atoms with Crippen LogP contribution < -0.4 is 10.9 Å². The normalized spacial score (nSPS) is 11.0. The molecule has 4 aromatic rings. The van der Waals surface area contributed by atoms with Crippen molar-refractivity contribution in [2.24, 2.45) is 10.2 Å². The number of fused-ring (bicyclic) bond motifs is 2. The molecule has 0 radical (unpaired) electrons. The highest BCUT2D eigenvalue weighted by Gasteiger charge is 2.07. The van der Waals surface area contributed by atoms with Crippen LogP contribution >= 0.6 is 24.4 Å². The summed E-state index contributed by atoms with van der Waals surface area (Å²) in [6, 6.07) is 9.88. The van der Waals surface area contributed by atoms with Gasteiger partial charge in [-0.05, 0) is 96.6 Å². The fraction of sp³-hybridized carbons (Fsp3) is 0.214. The highest BCUT2D eigenvalue weighted by atomic mass is 32.1. The van der Waals surface area contributed by atoms with Gasteiger partial charge in [-0.25, -0.2) is 8.78 Å². The minimum absolute atomic E-state index is 0.224. The van der Waals surface area contributed by atoms with Gasteiger partial charge in [0.25, 0.3) is 0 Å². The molecule has 40 heavy (non-hydrogen) atoms. The maximum Gasteiger partial charge on any atom is 0.189 e. The van der Waals surface area contributed by atoms with E-state index in [9.17, 15) is 8.78 Å². The number of rotatable bonds is 4.